The Morgan fingerprint density at radius 2 is 2.19 bits per heavy atom. The van der Waals surface area contributed by atoms with E-state index in [-0.39, 0.29) is 12.5 Å². The number of carbonyl (C=O) groups excluding carboxylic acids is 1. The van der Waals surface area contributed by atoms with Crippen LogP contribution in [0.5, 0.6) is 0 Å². The molecule has 1 heterocycles. The lowest BCUT2D eigenvalue weighted by molar-refractivity contribution is -0.124. The van der Waals surface area contributed by atoms with Crippen molar-refractivity contribution in [3.63, 3.8) is 0 Å². The average Bonchev–Trinajstić information content (AvgIpc) is 2.30. The van der Waals surface area contributed by atoms with E-state index in [9.17, 15) is 4.79 Å². The van der Waals surface area contributed by atoms with Crippen LogP contribution in [0.15, 0.2) is 0 Å². The minimum Gasteiger partial charge on any atom is -0.378 e. The van der Waals surface area contributed by atoms with Crippen molar-refractivity contribution in [3.05, 3.63) is 0 Å². The summed E-state index contributed by atoms with van der Waals surface area (Å²) in [5.41, 5.74) is 0. The van der Waals surface area contributed by atoms with Crippen LogP contribution in [0.3, 0.4) is 0 Å². The van der Waals surface area contributed by atoms with Gasteiger partial charge in [-0.2, -0.15) is 0 Å². The fourth-order valence-corrected chi connectivity index (χ4v) is 1.69. The molecule has 0 saturated carbocycles. The predicted octanol–water partition coefficient (Wildman–Crippen LogP) is -0.0923. The highest BCUT2D eigenvalue weighted by Crippen LogP contribution is 2.06. The molecule has 0 radical (unpaired) electrons. The van der Waals surface area contributed by atoms with Crippen LogP contribution >= 0.6 is 0 Å². The van der Waals surface area contributed by atoms with E-state index < -0.39 is 0 Å². The Morgan fingerprint density at radius 3 is 2.88 bits per heavy atom. The van der Waals surface area contributed by atoms with E-state index >= 15 is 0 Å². The largest absolute Gasteiger partial charge is 0.378 e. The molecule has 1 amide bonds. The molecule has 0 unspecified atom stereocenters. The van der Waals surface area contributed by atoms with Gasteiger partial charge < -0.3 is 20.1 Å². The molecule has 1 saturated heterocycles. The summed E-state index contributed by atoms with van der Waals surface area (Å²) in [6, 6.07) is 0. The zero-order valence-electron chi connectivity index (χ0n) is 9.96. The predicted molar refractivity (Wildman–Crippen MR) is 61.3 cm³/mol. The van der Waals surface area contributed by atoms with Gasteiger partial charge in [0.05, 0.1) is 6.10 Å². The molecule has 0 bridgehead atoms. The molecule has 0 atom stereocenters. The number of rotatable bonds is 7. The molecule has 0 aliphatic carbocycles. The summed E-state index contributed by atoms with van der Waals surface area (Å²) in [5.74, 6) is -0.0654. The molecule has 0 aromatic rings. The Kier molecular flexibility index (Phi) is 7.12. The van der Waals surface area contributed by atoms with Crippen LogP contribution in [-0.4, -0.2) is 52.0 Å². The lowest BCUT2D eigenvalue weighted by Crippen LogP contribution is -2.33. The van der Waals surface area contributed by atoms with Gasteiger partial charge in [0.2, 0.25) is 5.91 Å². The molecule has 1 rings (SSSR count). The monoisotopic (exact) mass is 230 g/mol. The molecule has 2 N–H and O–H groups in total. The first kappa shape index (κ1) is 13.4. The Labute approximate surface area is 96.9 Å². The third kappa shape index (κ3) is 6.05. The number of amides is 1. The van der Waals surface area contributed by atoms with Gasteiger partial charge in [0.1, 0.15) is 6.61 Å². The van der Waals surface area contributed by atoms with Crippen molar-refractivity contribution in [1.29, 1.82) is 0 Å². The quantitative estimate of drug-likeness (QED) is 0.600. The third-order valence-electron chi connectivity index (χ3n) is 2.56. The van der Waals surface area contributed by atoms with Gasteiger partial charge in [-0.05, 0) is 32.4 Å². The van der Waals surface area contributed by atoms with Crippen molar-refractivity contribution >= 4 is 5.91 Å². The molecule has 0 aromatic carbocycles. The highest BCUT2D eigenvalue weighted by molar-refractivity contribution is 5.77. The molecular weight excluding hydrogens is 208 g/mol. The van der Waals surface area contributed by atoms with Crippen molar-refractivity contribution < 1.29 is 14.3 Å². The molecule has 1 aliphatic rings. The first-order chi connectivity index (χ1) is 7.83. The fraction of sp³-hybridized carbons (Fsp3) is 0.909. The van der Waals surface area contributed by atoms with Crippen LogP contribution in [0.1, 0.15) is 19.3 Å². The normalized spacial score (nSPS) is 17.3. The molecule has 1 fully saturated rings. The molecule has 0 spiro atoms. The maximum Gasteiger partial charge on any atom is 0.245 e. The molecule has 5 heteroatoms. The Bertz CT molecular complexity index is 194. The summed E-state index contributed by atoms with van der Waals surface area (Å²) in [6.07, 6.45) is 3.45. The van der Waals surface area contributed by atoms with E-state index in [0.29, 0.717) is 12.6 Å². The summed E-state index contributed by atoms with van der Waals surface area (Å²) >= 11 is 0. The number of hydrogen-bond acceptors (Lipinski definition) is 4. The maximum atomic E-state index is 11.0. The van der Waals surface area contributed by atoms with Gasteiger partial charge in [0.15, 0.2) is 0 Å². The number of carbonyl (C=O) groups is 1. The summed E-state index contributed by atoms with van der Waals surface area (Å²) in [4.78, 5) is 11.0. The van der Waals surface area contributed by atoms with Gasteiger partial charge in [-0.15, -0.1) is 0 Å². The third-order valence-corrected chi connectivity index (χ3v) is 2.56. The van der Waals surface area contributed by atoms with Gasteiger partial charge in [0, 0.05) is 20.3 Å². The van der Waals surface area contributed by atoms with E-state index in [4.69, 9.17) is 9.47 Å². The molecular formula is C11H22N2O3. The Hall–Kier alpha value is -0.650. The van der Waals surface area contributed by atoms with Crippen molar-refractivity contribution in [2.24, 2.45) is 0 Å². The van der Waals surface area contributed by atoms with E-state index in [1.807, 2.05) is 0 Å². The minimum atomic E-state index is -0.0654. The minimum absolute atomic E-state index is 0.0654. The van der Waals surface area contributed by atoms with Crippen LogP contribution in [-0.2, 0) is 14.3 Å². The number of methoxy groups -OCH3 is 1. The summed E-state index contributed by atoms with van der Waals surface area (Å²) in [6.45, 7) is 3.62. The summed E-state index contributed by atoms with van der Waals surface area (Å²) < 4.78 is 10.4. The summed E-state index contributed by atoms with van der Waals surface area (Å²) in [7, 11) is 1.51. The van der Waals surface area contributed by atoms with Gasteiger partial charge in [0.25, 0.3) is 0 Å². The van der Waals surface area contributed by atoms with Gasteiger partial charge in [-0.1, -0.05) is 0 Å². The van der Waals surface area contributed by atoms with Crippen LogP contribution in [0.2, 0.25) is 0 Å². The maximum absolute atomic E-state index is 11.0. The number of nitrogens with one attached hydrogen (secondary N) is 2. The van der Waals surface area contributed by atoms with Crippen LogP contribution < -0.4 is 10.6 Å². The number of ether oxygens (including phenoxy) is 2. The second kappa shape index (κ2) is 8.50. The first-order valence-electron chi connectivity index (χ1n) is 5.91. The molecule has 5 nitrogen and oxygen atoms in total. The zero-order chi connectivity index (χ0) is 11.6. The number of piperidine rings is 1. The highest BCUT2D eigenvalue weighted by Gasteiger charge is 2.12. The molecule has 0 aromatic heterocycles. The van der Waals surface area contributed by atoms with E-state index in [1.165, 1.54) is 7.11 Å². The van der Waals surface area contributed by atoms with E-state index in [0.717, 1.165) is 39.0 Å². The fourth-order valence-electron chi connectivity index (χ4n) is 1.69. The Balaban J connectivity index is 1.89. The first-order valence-corrected chi connectivity index (χ1v) is 5.91. The highest BCUT2D eigenvalue weighted by atomic mass is 16.5. The molecule has 1 aliphatic heterocycles. The molecule has 94 valence electrons. The van der Waals surface area contributed by atoms with Crippen molar-refractivity contribution in [3.8, 4) is 0 Å². The Morgan fingerprint density at radius 1 is 1.44 bits per heavy atom. The average molecular weight is 230 g/mol. The number of hydrogen-bond donors (Lipinski definition) is 2. The lowest BCUT2D eigenvalue weighted by Gasteiger charge is -2.22. The standard InChI is InChI=1S/C11H22N2O3/c1-15-9-11(14)13-5-2-8-16-10-3-6-12-7-4-10/h10,12H,2-9H2,1H3,(H,13,14). The molecule has 16 heavy (non-hydrogen) atoms. The topological polar surface area (TPSA) is 59.6 Å². The second-order valence-corrected chi connectivity index (χ2v) is 3.96. The van der Waals surface area contributed by atoms with Crippen LogP contribution in [0.4, 0.5) is 0 Å². The van der Waals surface area contributed by atoms with Crippen molar-refractivity contribution in [2.75, 3.05) is 40.0 Å². The van der Waals surface area contributed by atoms with Crippen LogP contribution in [0, 0.1) is 0 Å². The lowest BCUT2D eigenvalue weighted by atomic mass is 10.1. The van der Waals surface area contributed by atoms with Crippen molar-refractivity contribution in [1.82, 2.24) is 10.6 Å². The van der Waals surface area contributed by atoms with E-state index in [1.54, 1.807) is 0 Å². The van der Waals surface area contributed by atoms with Crippen LogP contribution in [0.25, 0.3) is 0 Å². The van der Waals surface area contributed by atoms with Crippen molar-refractivity contribution in [2.45, 2.75) is 25.4 Å². The second-order valence-electron chi connectivity index (χ2n) is 3.96. The van der Waals surface area contributed by atoms with Gasteiger partial charge in [-0.25, -0.2) is 0 Å². The SMILES string of the molecule is COCC(=O)NCCCOC1CCNCC1. The summed E-state index contributed by atoms with van der Waals surface area (Å²) in [5, 5.41) is 6.06. The van der Waals surface area contributed by atoms with E-state index in [2.05, 4.69) is 10.6 Å². The zero-order valence-corrected chi connectivity index (χ0v) is 9.96. The van der Waals surface area contributed by atoms with Gasteiger partial charge >= 0.3 is 0 Å². The smallest absolute Gasteiger partial charge is 0.245 e. The van der Waals surface area contributed by atoms with Gasteiger partial charge in [-0.3, -0.25) is 4.79 Å².